The van der Waals surface area contributed by atoms with E-state index in [-0.39, 0.29) is 24.5 Å². The fourth-order valence-electron chi connectivity index (χ4n) is 3.74. The van der Waals surface area contributed by atoms with Crippen molar-refractivity contribution in [3.05, 3.63) is 54.1 Å². The Morgan fingerprint density at radius 2 is 1.91 bits per heavy atom. The summed E-state index contributed by atoms with van der Waals surface area (Å²) in [5.41, 5.74) is 1.92. The van der Waals surface area contributed by atoms with Gasteiger partial charge in [-0.3, -0.25) is 9.59 Å². The van der Waals surface area contributed by atoms with Crippen LogP contribution in [0, 0.1) is 0 Å². The van der Waals surface area contributed by atoms with Crippen LogP contribution in [0.3, 0.4) is 0 Å². The highest BCUT2D eigenvalue weighted by molar-refractivity contribution is 5.96. The highest BCUT2D eigenvalue weighted by atomic mass is 16.5. The average molecular weight is 440 g/mol. The van der Waals surface area contributed by atoms with E-state index in [1.54, 1.807) is 17.0 Å². The lowest BCUT2D eigenvalue weighted by atomic mass is 10.1. The van der Waals surface area contributed by atoms with Crippen LogP contribution in [0.1, 0.15) is 23.2 Å². The van der Waals surface area contributed by atoms with Gasteiger partial charge in [-0.05, 0) is 43.2 Å². The normalized spacial score (nSPS) is 18.2. The molecule has 2 aromatic carbocycles. The number of morpholine rings is 1. The minimum atomic E-state index is -0.205. The SMILES string of the molecule is O=C(CNc1cccc(C(=O)N2CCOCC2)c1)Nc1ccccc1OCC1CCCO1. The third-order valence-electron chi connectivity index (χ3n) is 5.47. The van der Waals surface area contributed by atoms with Gasteiger partial charge in [0.1, 0.15) is 12.4 Å². The molecule has 2 heterocycles. The van der Waals surface area contributed by atoms with Crippen LogP contribution in [0.4, 0.5) is 11.4 Å². The van der Waals surface area contributed by atoms with E-state index in [1.165, 1.54) is 0 Å². The monoisotopic (exact) mass is 439 g/mol. The number of nitrogens with zero attached hydrogens (tertiary/aromatic N) is 1. The van der Waals surface area contributed by atoms with E-state index in [0.717, 1.165) is 19.4 Å². The smallest absolute Gasteiger partial charge is 0.254 e. The van der Waals surface area contributed by atoms with E-state index >= 15 is 0 Å². The average Bonchev–Trinajstić information content (AvgIpc) is 3.36. The fourth-order valence-corrected chi connectivity index (χ4v) is 3.74. The van der Waals surface area contributed by atoms with Crippen molar-refractivity contribution < 1.29 is 23.8 Å². The van der Waals surface area contributed by atoms with Crippen molar-refractivity contribution in [3.63, 3.8) is 0 Å². The van der Waals surface area contributed by atoms with Crippen LogP contribution in [-0.4, -0.2) is 68.9 Å². The minimum absolute atomic E-state index is 0.0290. The number of amides is 2. The zero-order valence-corrected chi connectivity index (χ0v) is 18.0. The van der Waals surface area contributed by atoms with Gasteiger partial charge >= 0.3 is 0 Å². The van der Waals surface area contributed by atoms with Gasteiger partial charge in [0.15, 0.2) is 0 Å². The van der Waals surface area contributed by atoms with Gasteiger partial charge < -0.3 is 29.7 Å². The lowest BCUT2D eigenvalue weighted by Gasteiger charge is -2.27. The maximum Gasteiger partial charge on any atom is 0.254 e. The van der Waals surface area contributed by atoms with Crippen LogP contribution in [0.2, 0.25) is 0 Å². The van der Waals surface area contributed by atoms with Crippen molar-refractivity contribution in [2.75, 3.05) is 56.7 Å². The van der Waals surface area contributed by atoms with Crippen LogP contribution in [0.15, 0.2) is 48.5 Å². The highest BCUT2D eigenvalue weighted by Crippen LogP contribution is 2.25. The number of nitrogens with one attached hydrogen (secondary N) is 2. The maximum atomic E-state index is 12.7. The summed E-state index contributed by atoms with van der Waals surface area (Å²) in [6.45, 7) is 3.60. The molecule has 0 radical (unpaired) electrons. The molecule has 2 amide bonds. The molecule has 2 aliphatic heterocycles. The summed E-state index contributed by atoms with van der Waals surface area (Å²) in [4.78, 5) is 27.0. The van der Waals surface area contributed by atoms with Gasteiger partial charge in [0.05, 0.1) is 31.5 Å². The number of carbonyl (C=O) groups excluding carboxylic acids is 2. The Balaban J connectivity index is 1.30. The number of benzene rings is 2. The second-order valence-electron chi connectivity index (χ2n) is 7.83. The molecule has 2 N–H and O–H groups in total. The second-order valence-corrected chi connectivity index (χ2v) is 7.83. The number of hydrogen-bond donors (Lipinski definition) is 2. The molecule has 2 saturated heterocycles. The molecule has 2 fully saturated rings. The molecule has 32 heavy (non-hydrogen) atoms. The summed E-state index contributed by atoms with van der Waals surface area (Å²) in [5.74, 6) is 0.385. The maximum absolute atomic E-state index is 12.7. The number of rotatable bonds is 8. The molecule has 170 valence electrons. The van der Waals surface area contributed by atoms with E-state index in [1.807, 2.05) is 36.4 Å². The van der Waals surface area contributed by atoms with Crippen LogP contribution in [0.5, 0.6) is 5.75 Å². The molecule has 2 aliphatic rings. The first kappa shape index (κ1) is 22.1. The lowest BCUT2D eigenvalue weighted by molar-refractivity contribution is -0.114. The zero-order chi connectivity index (χ0) is 22.2. The third kappa shape index (κ3) is 5.99. The minimum Gasteiger partial charge on any atom is -0.489 e. The van der Waals surface area contributed by atoms with Gasteiger partial charge in [-0.1, -0.05) is 18.2 Å². The Morgan fingerprint density at radius 3 is 2.72 bits per heavy atom. The van der Waals surface area contributed by atoms with Crippen molar-refractivity contribution in [2.45, 2.75) is 18.9 Å². The molecule has 1 unspecified atom stereocenters. The first-order valence-electron chi connectivity index (χ1n) is 11.0. The summed E-state index contributed by atoms with van der Waals surface area (Å²) < 4.78 is 16.8. The molecule has 0 aromatic heterocycles. The van der Waals surface area contributed by atoms with E-state index in [9.17, 15) is 9.59 Å². The molecule has 0 spiro atoms. The van der Waals surface area contributed by atoms with E-state index in [2.05, 4.69) is 10.6 Å². The molecule has 4 rings (SSSR count). The molecule has 0 bridgehead atoms. The third-order valence-corrected chi connectivity index (χ3v) is 5.47. The van der Waals surface area contributed by atoms with Crippen molar-refractivity contribution in [1.82, 2.24) is 4.90 Å². The van der Waals surface area contributed by atoms with Gasteiger partial charge in [-0.25, -0.2) is 0 Å². The van der Waals surface area contributed by atoms with Crippen molar-refractivity contribution >= 4 is 23.2 Å². The molecule has 2 aromatic rings. The van der Waals surface area contributed by atoms with Gasteiger partial charge in [-0.2, -0.15) is 0 Å². The standard InChI is InChI=1S/C24H29N3O5/c28-23(26-21-8-1-2-9-22(21)32-17-20-7-4-12-31-20)16-25-19-6-3-5-18(15-19)24(29)27-10-13-30-14-11-27/h1-3,5-6,8-9,15,20,25H,4,7,10-14,16-17H2,(H,26,28). The van der Waals surface area contributed by atoms with Crippen LogP contribution in [0.25, 0.3) is 0 Å². The summed E-state index contributed by atoms with van der Waals surface area (Å²) in [7, 11) is 0. The molecule has 8 heteroatoms. The number of para-hydroxylation sites is 2. The Morgan fingerprint density at radius 1 is 1.06 bits per heavy atom. The Kier molecular flexibility index (Phi) is 7.58. The van der Waals surface area contributed by atoms with Crippen LogP contribution < -0.4 is 15.4 Å². The molecule has 1 atom stereocenters. The lowest BCUT2D eigenvalue weighted by Crippen LogP contribution is -2.40. The first-order chi connectivity index (χ1) is 15.7. The topological polar surface area (TPSA) is 89.1 Å². The quantitative estimate of drug-likeness (QED) is 0.658. The Hall–Kier alpha value is -3.10. The number of carbonyl (C=O) groups is 2. The highest BCUT2D eigenvalue weighted by Gasteiger charge is 2.19. The predicted octanol–water partition coefficient (Wildman–Crippen LogP) is 2.77. The zero-order valence-electron chi connectivity index (χ0n) is 18.0. The van der Waals surface area contributed by atoms with Crippen LogP contribution >= 0.6 is 0 Å². The summed E-state index contributed by atoms with van der Waals surface area (Å²) in [6.07, 6.45) is 2.15. The number of ether oxygens (including phenoxy) is 3. The summed E-state index contributed by atoms with van der Waals surface area (Å²) >= 11 is 0. The van der Waals surface area contributed by atoms with Gasteiger partial charge in [0.25, 0.3) is 5.91 Å². The number of anilines is 2. The van der Waals surface area contributed by atoms with Crippen molar-refractivity contribution in [1.29, 1.82) is 0 Å². The van der Waals surface area contributed by atoms with E-state index < -0.39 is 0 Å². The second kappa shape index (κ2) is 11.0. The van der Waals surface area contributed by atoms with Crippen molar-refractivity contribution in [3.8, 4) is 5.75 Å². The van der Waals surface area contributed by atoms with Crippen LogP contribution in [-0.2, 0) is 14.3 Å². The number of hydrogen-bond acceptors (Lipinski definition) is 6. The Bertz CT molecular complexity index is 923. The molecule has 8 nitrogen and oxygen atoms in total. The summed E-state index contributed by atoms with van der Waals surface area (Å²) in [5, 5.41) is 5.98. The van der Waals surface area contributed by atoms with Gasteiger partial charge in [0.2, 0.25) is 5.91 Å². The molecular formula is C24H29N3O5. The summed E-state index contributed by atoms with van der Waals surface area (Å²) in [6, 6.07) is 14.6. The molecule has 0 saturated carbocycles. The van der Waals surface area contributed by atoms with E-state index in [4.69, 9.17) is 14.2 Å². The molecule has 0 aliphatic carbocycles. The predicted molar refractivity (Wildman–Crippen MR) is 121 cm³/mol. The van der Waals surface area contributed by atoms with Crippen molar-refractivity contribution in [2.24, 2.45) is 0 Å². The fraction of sp³-hybridized carbons (Fsp3) is 0.417. The van der Waals surface area contributed by atoms with E-state index in [0.29, 0.717) is 55.6 Å². The van der Waals surface area contributed by atoms with Gasteiger partial charge in [-0.15, -0.1) is 0 Å². The largest absolute Gasteiger partial charge is 0.489 e. The molecular weight excluding hydrogens is 410 g/mol. The Labute approximate surface area is 187 Å². The van der Waals surface area contributed by atoms with Gasteiger partial charge in [0, 0.05) is 30.9 Å². The first-order valence-corrected chi connectivity index (χ1v) is 11.0.